The van der Waals surface area contributed by atoms with E-state index >= 15 is 0 Å². The molecule has 0 atom stereocenters. The Kier molecular flexibility index (Phi) is 7.18. The lowest BCUT2D eigenvalue weighted by Crippen LogP contribution is -2.41. The highest BCUT2D eigenvalue weighted by Gasteiger charge is 2.24. The first-order valence-electron chi connectivity index (χ1n) is 9.81. The number of carbonyl (C=O) groups excluding carboxylic acids is 2. The number of likely N-dealkylation sites (tertiary alicyclic amines) is 1. The third kappa shape index (κ3) is 6.05. The number of carbonyl (C=O) groups is 2. The number of nitriles is 1. The summed E-state index contributed by atoms with van der Waals surface area (Å²) in [4.78, 5) is 26.3. The van der Waals surface area contributed by atoms with Gasteiger partial charge in [0, 0.05) is 13.1 Å². The van der Waals surface area contributed by atoms with Crippen LogP contribution in [0.15, 0.2) is 66.2 Å². The van der Waals surface area contributed by atoms with Crippen LogP contribution in [0.2, 0.25) is 0 Å². The lowest BCUT2D eigenvalue weighted by molar-refractivity contribution is -0.149. The van der Waals surface area contributed by atoms with Gasteiger partial charge in [-0.25, -0.2) is 4.79 Å². The molecular formula is C24H24N2O3. The Labute approximate surface area is 171 Å². The van der Waals surface area contributed by atoms with Crippen LogP contribution in [0.25, 0.3) is 6.08 Å². The number of amides is 1. The average molecular weight is 388 g/mol. The van der Waals surface area contributed by atoms with Crippen molar-refractivity contribution < 1.29 is 14.3 Å². The minimum absolute atomic E-state index is 0.120. The van der Waals surface area contributed by atoms with Crippen LogP contribution in [-0.4, -0.2) is 36.5 Å². The van der Waals surface area contributed by atoms with Crippen molar-refractivity contribution in [3.05, 3.63) is 77.4 Å². The highest BCUT2D eigenvalue weighted by Crippen LogP contribution is 2.21. The van der Waals surface area contributed by atoms with E-state index in [0.717, 1.165) is 24.8 Å². The molecular weight excluding hydrogens is 364 g/mol. The summed E-state index contributed by atoms with van der Waals surface area (Å²) in [5, 5.41) is 9.21. The molecule has 1 aliphatic rings. The minimum Gasteiger partial charge on any atom is -0.451 e. The van der Waals surface area contributed by atoms with Gasteiger partial charge in [-0.1, -0.05) is 60.7 Å². The maximum atomic E-state index is 12.4. The van der Waals surface area contributed by atoms with Crippen molar-refractivity contribution in [3.8, 4) is 6.07 Å². The molecule has 148 valence electrons. The molecule has 1 heterocycles. The zero-order valence-electron chi connectivity index (χ0n) is 16.3. The lowest BCUT2D eigenvalue weighted by atomic mass is 9.90. The van der Waals surface area contributed by atoms with Gasteiger partial charge in [0.2, 0.25) is 0 Å². The summed E-state index contributed by atoms with van der Waals surface area (Å²) in [6.45, 7) is 0.994. The zero-order chi connectivity index (χ0) is 20.5. The van der Waals surface area contributed by atoms with Crippen LogP contribution in [0.3, 0.4) is 0 Å². The van der Waals surface area contributed by atoms with Gasteiger partial charge in [-0.15, -0.1) is 0 Å². The molecule has 2 aromatic rings. The van der Waals surface area contributed by atoms with Gasteiger partial charge in [-0.05, 0) is 42.4 Å². The van der Waals surface area contributed by atoms with Gasteiger partial charge in [0.05, 0.1) is 0 Å². The van der Waals surface area contributed by atoms with Crippen molar-refractivity contribution in [2.45, 2.75) is 19.3 Å². The van der Waals surface area contributed by atoms with Crippen LogP contribution in [0.4, 0.5) is 0 Å². The van der Waals surface area contributed by atoms with Gasteiger partial charge >= 0.3 is 5.97 Å². The molecule has 0 unspecified atom stereocenters. The molecule has 29 heavy (non-hydrogen) atoms. The second-order valence-electron chi connectivity index (χ2n) is 7.17. The Morgan fingerprint density at radius 2 is 1.66 bits per heavy atom. The SMILES string of the molecule is N#C/C(=C/c1ccccc1)C(=O)OCC(=O)N1CCC(Cc2ccccc2)CC1. The Balaban J connectivity index is 1.45. The van der Waals surface area contributed by atoms with Crippen molar-refractivity contribution in [3.63, 3.8) is 0 Å². The monoisotopic (exact) mass is 388 g/mol. The van der Waals surface area contributed by atoms with Crippen molar-refractivity contribution in [2.24, 2.45) is 5.92 Å². The third-order valence-electron chi connectivity index (χ3n) is 5.11. The van der Waals surface area contributed by atoms with Crippen molar-refractivity contribution >= 4 is 18.0 Å². The van der Waals surface area contributed by atoms with E-state index in [2.05, 4.69) is 12.1 Å². The molecule has 2 aromatic carbocycles. The first-order chi connectivity index (χ1) is 14.2. The summed E-state index contributed by atoms with van der Waals surface area (Å²) >= 11 is 0. The van der Waals surface area contributed by atoms with Gasteiger partial charge in [-0.3, -0.25) is 4.79 Å². The standard InChI is InChI=1S/C24H24N2O3/c25-17-22(16-20-9-5-2-6-10-20)24(28)29-18-23(27)26-13-11-21(12-14-26)15-19-7-3-1-4-8-19/h1-10,16,21H,11-15,18H2/b22-16-. The van der Waals surface area contributed by atoms with Crippen LogP contribution < -0.4 is 0 Å². The normalized spacial score (nSPS) is 14.9. The molecule has 0 N–H and O–H groups in total. The van der Waals surface area contributed by atoms with E-state index in [1.807, 2.05) is 42.5 Å². The second kappa shape index (κ2) is 10.2. The summed E-state index contributed by atoms with van der Waals surface area (Å²) < 4.78 is 5.08. The van der Waals surface area contributed by atoms with Crippen LogP contribution in [0.1, 0.15) is 24.0 Å². The summed E-state index contributed by atoms with van der Waals surface area (Å²) in [7, 11) is 0. The molecule has 1 saturated heterocycles. The minimum atomic E-state index is -0.774. The summed E-state index contributed by atoms with van der Waals surface area (Å²) in [6, 6.07) is 21.3. The summed E-state index contributed by atoms with van der Waals surface area (Å²) in [5.41, 5.74) is 1.93. The fraction of sp³-hybridized carbons (Fsp3) is 0.292. The highest BCUT2D eigenvalue weighted by molar-refractivity contribution is 5.98. The number of esters is 1. The van der Waals surface area contributed by atoms with Crippen molar-refractivity contribution in [2.75, 3.05) is 19.7 Å². The first kappa shape index (κ1) is 20.3. The van der Waals surface area contributed by atoms with Crippen LogP contribution in [0.5, 0.6) is 0 Å². The Hall–Kier alpha value is -3.39. The summed E-state index contributed by atoms with van der Waals surface area (Å²) in [5.74, 6) is -0.430. The van der Waals surface area contributed by atoms with Crippen molar-refractivity contribution in [1.82, 2.24) is 4.90 Å². The fourth-order valence-corrected chi connectivity index (χ4v) is 3.48. The molecule has 0 aromatic heterocycles. The van der Waals surface area contributed by atoms with Crippen LogP contribution in [-0.2, 0) is 20.7 Å². The zero-order valence-corrected chi connectivity index (χ0v) is 16.3. The van der Waals surface area contributed by atoms with E-state index in [0.29, 0.717) is 19.0 Å². The molecule has 0 aliphatic carbocycles. The number of ether oxygens (including phenoxy) is 1. The fourth-order valence-electron chi connectivity index (χ4n) is 3.48. The van der Waals surface area contributed by atoms with E-state index in [4.69, 9.17) is 4.74 Å². The van der Waals surface area contributed by atoms with E-state index < -0.39 is 5.97 Å². The Morgan fingerprint density at radius 3 is 2.28 bits per heavy atom. The molecule has 1 fully saturated rings. The third-order valence-corrected chi connectivity index (χ3v) is 5.11. The number of piperidine rings is 1. The van der Waals surface area contributed by atoms with E-state index in [1.54, 1.807) is 17.0 Å². The van der Waals surface area contributed by atoms with E-state index in [9.17, 15) is 14.9 Å². The molecule has 5 nitrogen and oxygen atoms in total. The largest absolute Gasteiger partial charge is 0.451 e. The van der Waals surface area contributed by atoms with Crippen molar-refractivity contribution in [1.29, 1.82) is 5.26 Å². The maximum absolute atomic E-state index is 12.4. The van der Waals surface area contributed by atoms with E-state index in [-0.39, 0.29) is 18.1 Å². The number of nitrogens with zero attached hydrogens (tertiary/aromatic N) is 2. The highest BCUT2D eigenvalue weighted by atomic mass is 16.5. The quantitative estimate of drug-likeness (QED) is 0.431. The number of hydrogen-bond acceptors (Lipinski definition) is 4. The number of hydrogen-bond donors (Lipinski definition) is 0. The maximum Gasteiger partial charge on any atom is 0.349 e. The molecule has 0 radical (unpaired) electrons. The predicted octanol–water partition coefficient (Wildman–Crippen LogP) is 3.62. The van der Waals surface area contributed by atoms with Gasteiger partial charge in [0.15, 0.2) is 6.61 Å². The topological polar surface area (TPSA) is 70.4 Å². The van der Waals surface area contributed by atoms with Gasteiger partial charge in [-0.2, -0.15) is 5.26 Å². The molecule has 0 bridgehead atoms. The second-order valence-corrected chi connectivity index (χ2v) is 7.17. The Bertz CT molecular complexity index is 893. The van der Waals surface area contributed by atoms with Gasteiger partial charge < -0.3 is 9.64 Å². The van der Waals surface area contributed by atoms with Crippen LogP contribution >= 0.6 is 0 Å². The molecule has 0 spiro atoms. The smallest absolute Gasteiger partial charge is 0.349 e. The lowest BCUT2D eigenvalue weighted by Gasteiger charge is -2.32. The molecule has 1 amide bonds. The summed E-state index contributed by atoms with van der Waals surface area (Å²) in [6.07, 6.45) is 4.35. The van der Waals surface area contributed by atoms with Gasteiger partial charge in [0.1, 0.15) is 11.6 Å². The van der Waals surface area contributed by atoms with Crippen LogP contribution in [0, 0.1) is 17.2 Å². The van der Waals surface area contributed by atoms with Gasteiger partial charge in [0.25, 0.3) is 5.91 Å². The molecule has 0 saturated carbocycles. The predicted molar refractivity (Wildman–Crippen MR) is 110 cm³/mol. The molecule has 5 heteroatoms. The first-order valence-corrected chi connectivity index (χ1v) is 9.81. The molecule has 3 rings (SSSR count). The Morgan fingerprint density at radius 1 is 1.03 bits per heavy atom. The van der Waals surface area contributed by atoms with E-state index in [1.165, 1.54) is 11.6 Å². The number of rotatable bonds is 6. The molecule has 1 aliphatic heterocycles. The number of benzene rings is 2. The average Bonchev–Trinajstić information content (AvgIpc) is 2.77.